The van der Waals surface area contributed by atoms with Gasteiger partial charge in [-0.05, 0) is 45.7 Å². The number of rotatable bonds is 4. The summed E-state index contributed by atoms with van der Waals surface area (Å²) in [5, 5.41) is 4.51. The minimum atomic E-state index is -0.179. The van der Waals surface area contributed by atoms with E-state index in [1.165, 1.54) is 12.8 Å². The lowest BCUT2D eigenvalue weighted by atomic mass is 9.99. The lowest BCUT2D eigenvalue weighted by Crippen LogP contribution is -2.26. The molecule has 1 N–H and O–H groups in total. The van der Waals surface area contributed by atoms with Crippen LogP contribution in [-0.4, -0.2) is 30.6 Å². The summed E-state index contributed by atoms with van der Waals surface area (Å²) in [6, 6.07) is 0. The number of carbonyl (C=O) groups excluding carboxylic acids is 1. The van der Waals surface area contributed by atoms with E-state index in [2.05, 4.69) is 5.32 Å². The fraction of sp³-hybridized carbons (Fsp3) is 0.714. The van der Waals surface area contributed by atoms with E-state index in [1.807, 2.05) is 6.92 Å². The van der Waals surface area contributed by atoms with Crippen molar-refractivity contribution in [2.75, 3.05) is 19.7 Å². The zero-order chi connectivity index (χ0) is 13.2. The van der Waals surface area contributed by atoms with Gasteiger partial charge in [0.25, 0.3) is 0 Å². The van der Waals surface area contributed by atoms with Crippen LogP contribution in [0.1, 0.15) is 64.8 Å². The predicted octanol–water partition coefficient (Wildman–Crippen LogP) is 2.66. The summed E-state index contributed by atoms with van der Waals surface area (Å²) in [6.07, 6.45) is 4.59. The molecule has 1 saturated heterocycles. The molecule has 4 nitrogen and oxygen atoms in total. The highest BCUT2D eigenvalue weighted by atomic mass is 32.1. The molecule has 0 unspecified atom stereocenters. The number of esters is 1. The molecule has 0 radical (unpaired) electrons. The van der Waals surface area contributed by atoms with Crippen LogP contribution < -0.4 is 5.32 Å². The Morgan fingerprint density at radius 1 is 1.32 bits per heavy atom. The van der Waals surface area contributed by atoms with Crippen LogP contribution in [0.5, 0.6) is 0 Å². The van der Waals surface area contributed by atoms with Gasteiger partial charge in [-0.25, -0.2) is 9.78 Å². The first-order valence-corrected chi connectivity index (χ1v) is 7.99. The van der Waals surface area contributed by atoms with Crippen LogP contribution in [0.3, 0.4) is 0 Å². The number of thiazole rings is 1. The Morgan fingerprint density at radius 3 is 2.68 bits per heavy atom. The van der Waals surface area contributed by atoms with Crippen molar-refractivity contribution in [2.24, 2.45) is 0 Å². The molecule has 3 rings (SSSR count). The molecule has 19 heavy (non-hydrogen) atoms. The van der Waals surface area contributed by atoms with Gasteiger partial charge in [0.2, 0.25) is 0 Å². The third-order valence-electron chi connectivity index (χ3n) is 3.78. The fourth-order valence-corrected chi connectivity index (χ4v) is 3.78. The second-order valence-electron chi connectivity index (χ2n) is 5.29. The van der Waals surface area contributed by atoms with Gasteiger partial charge in [-0.3, -0.25) is 0 Å². The highest BCUT2D eigenvalue weighted by molar-refractivity contribution is 7.13. The van der Waals surface area contributed by atoms with E-state index in [4.69, 9.17) is 9.72 Å². The summed E-state index contributed by atoms with van der Waals surface area (Å²) < 4.78 is 5.17. The third kappa shape index (κ3) is 2.82. The molecule has 1 aliphatic carbocycles. The second kappa shape index (κ2) is 5.59. The van der Waals surface area contributed by atoms with Gasteiger partial charge in [0.05, 0.1) is 17.3 Å². The van der Waals surface area contributed by atoms with E-state index in [9.17, 15) is 4.79 Å². The monoisotopic (exact) mass is 280 g/mol. The van der Waals surface area contributed by atoms with Crippen LogP contribution in [0.15, 0.2) is 0 Å². The molecule has 0 bridgehead atoms. The average molecular weight is 280 g/mol. The molecule has 2 heterocycles. The maximum Gasteiger partial charge on any atom is 0.350 e. The summed E-state index contributed by atoms with van der Waals surface area (Å²) in [5.74, 6) is 0.847. The number of piperidine rings is 1. The van der Waals surface area contributed by atoms with Gasteiger partial charge in [-0.2, -0.15) is 0 Å². The zero-order valence-corrected chi connectivity index (χ0v) is 12.1. The Kier molecular flexibility index (Phi) is 3.84. The van der Waals surface area contributed by atoms with E-state index in [1.54, 1.807) is 11.3 Å². The van der Waals surface area contributed by atoms with Crippen molar-refractivity contribution in [1.82, 2.24) is 10.3 Å². The van der Waals surface area contributed by atoms with Crippen molar-refractivity contribution < 1.29 is 9.53 Å². The molecule has 0 amide bonds. The van der Waals surface area contributed by atoms with E-state index in [-0.39, 0.29) is 5.97 Å². The van der Waals surface area contributed by atoms with E-state index in [0.29, 0.717) is 18.4 Å². The quantitative estimate of drug-likeness (QED) is 0.862. The molecule has 5 heteroatoms. The molecular weight excluding hydrogens is 260 g/mol. The maximum absolute atomic E-state index is 12.0. The molecule has 2 fully saturated rings. The first-order chi connectivity index (χ1) is 9.29. The van der Waals surface area contributed by atoms with Crippen molar-refractivity contribution in [3.8, 4) is 0 Å². The van der Waals surface area contributed by atoms with Crippen LogP contribution in [0.2, 0.25) is 0 Å². The van der Waals surface area contributed by atoms with Crippen LogP contribution in [-0.2, 0) is 4.74 Å². The smallest absolute Gasteiger partial charge is 0.350 e. The molecule has 1 aromatic heterocycles. The van der Waals surface area contributed by atoms with Crippen molar-refractivity contribution in [2.45, 2.75) is 44.4 Å². The van der Waals surface area contributed by atoms with E-state index < -0.39 is 0 Å². The van der Waals surface area contributed by atoms with Gasteiger partial charge in [-0.1, -0.05) is 0 Å². The van der Waals surface area contributed by atoms with Crippen LogP contribution in [0, 0.1) is 0 Å². The number of nitrogens with one attached hydrogen (secondary N) is 1. The van der Waals surface area contributed by atoms with Crippen LogP contribution in [0.4, 0.5) is 0 Å². The molecule has 0 atom stereocenters. The van der Waals surface area contributed by atoms with E-state index in [0.717, 1.165) is 41.5 Å². The second-order valence-corrected chi connectivity index (χ2v) is 6.32. The number of ether oxygens (including phenoxy) is 1. The van der Waals surface area contributed by atoms with Crippen LogP contribution in [0.25, 0.3) is 0 Å². The lowest BCUT2D eigenvalue weighted by molar-refractivity contribution is 0.0530. The predicted molar refractivity (Wildman–Crippen MR) is 74.9 cm³/mol. The first-order valence-electron chi connectivity index (χ1n) is 7.18. The summed E-state index contributed by atoms with van der Waals surface area (Å²) in [5.41, 5.74) is 1.01. The largest absolute Gasteiger partial charge is 0.462 e. The Morgan fingerprint density at radius 2 is 2.05 bits per heavy atom. The molecule has 1 aromatic rings. The Labute approximate surface area is 117 Å². The maximum atomic E-state index is 12.0. The molecule has 2 aliphatic rings. The van der Waals surface area contributed by atoms with Gasteiger partial charge < -0.3 is 10.1 Å². The molecule has 0 aromatic carbocycles. The summed E-state index contributed by atoms with van der Waals surface area (Å²) in [7, 11) is 0. The minimum Gasteiger partial charge on any atom is -0.462 e. The molecule has 1 saturated carbocycles. The third-order valence-corrected chi connectivity index (χ3v) is 5.00. The van der Waals surface area contributed by atoms with Gasteiger partial charge in [0, 0.05) is 11.8 Å². The number of carbonyl (C=O) groups is 1. The zero-order valence-electron chi connectivity index (χ0n) is 11.3. The minimum absolute atomic E-state index is 0.179. The number of hydrogen-bond acceptors (Lipinski definition) is 5. The number of hydrogen-bond donors (Lipinski definition) is 1. The number of nitrogens with zero attached hydrogens (tertiary/aromatic N) is 1. The van der Waals surface area contributed by atoms with Crippen molar-refractivity contribution >= 4 is 17.3 Å². The molecular formula is C14H20N2O2S. The highest BCUT2D eigenvalue weighted by Crippen LogP contribution is 2.44. The SMILES string of the molecule is CCOC(=O)c1sc(C2CCNCC2)nc1C1CC1. The van der Waals surface area contributed by atoms with Crippen molar-refractivity contribution in [3.05, 3.63) is 15.6 Å². The highest BCUT2D eigenvalue weighted by Gasteiger charge is 2.34. The topological polar surface area (TPSA) is 51.2 Å². The molecule has 0 spiro atoms. The Hall–Kier alpha value is -0.940. The van der Waals surface area contributed by atoms with Gasteiger partial charge in [0.15, 0.2) is 0 Å². The standard InChI is InChI=1S/C14H20N2O2S/c1-2-18-14(17)12-11(9-3-4-9)16-13(19-12)10-5-7-15-8-6-10/h9-10,15H,2-8H2,1H3. The lowest BCUT2D eigenvalue weighted by Gasteiger charge is -2.20. The Bertz CT molecular complexity index is 462. The van der Waals surface area contributed by atoms with Crippen molar-refractivity contribution in [3.63, 3.8) is 0 Å². The normalized spacial score (nSPS) is 20.5. The molecule has 1 aliphatic heterocycles. The summed E-state index contributed by atoms with van der Waals surface area (Å²) in [4.78, 5) is 17.6. The van der Waals surface area contributed by atoms with Gasteiger partial charge in [-0.15, -0.1) is 11.3 Å². The first kappa shape index (κ1) is 13.1. The Balaban J connectivity index is 1.85. The van der Waals surface area contributed by atoms with Crippen molar-refractivity contribution in [1.29, 1.82) is 0 Å². The van der Waals surface area contributed by atoms with E-state index >= 15 is 0 Å². The van der Waals surface area contributed by atoms with Gasteiger partial charge >= 0.3 is 5.97 Å². The van der Waals surface area contributed by atoms with Gasteiger partial charge in [0.1, 0.15) is 4.88 Å². The summed E-state index contributed by atoms with van der Waals surface area (Å²) in [6.45, 7) is 4.39. The fourth-order valence-electron chi connectivity index (χ4n) is 2.57. The summed E-state index contributed by atoms with van der Waals surface area (Å²) >= 11 is 1.57. The van der Waals surface area contributed by atoms with Crippen LogP contribution >= 0.6 is 11.3 Å². The molecule has 104 valence electrons. The average Bonchev–Trinajstić information content (AvgIpc) is 3.19. The number of aromatic nitrogens is 1.